The van der Waals surface area contributed by atoms with E-state index in [9.17, 15) is 0 Å². The Morgan fingerprint density at radius 1 is 1.31 bits per heavy atom. The van der Waals surface area contributed by atoms with Crippen molar-refractivity contribution in [1.82, 2.24) is 4.98 Å². The number of benzene rings is 1. The lowest BCUT2D eigenvalue weighted by Gasteiger charge is -2.08. The van der Waals surface area contributed by atoms with E-state index in [0.29, 0.717) is 10.9 Å². The van der Waals surface area contributed by atoms with Gasteiger partial charge < -0.3 is 4.74 Å². The Bertz CT molecular complexity index is 516. The first-order valence-electron chi connectivity index (χ1n) is 4.71. The maximum Gasteiger partial charge on any atom is 0.148 e. The molecule has 0 atom stereocenters. The molecule has 2 aromatic rings. The average molecular weight is 299 g/mol. The standard InChI is InChI=1S/C12H9BrClNO/c1-8-5-12(14)15-7-11(8)16-10-4-2-3-9(13)6-10/h2-7H,1H3. The first-order valence-corrected chi connectivity index (χ1v) is 5.88. The molecule has 0 radical (unpaired) electrons. The minimum Gasteiger partial charge on any atom is -0.455 e. The van der Waals surface area contributed by atoms with Gasteiger partial charge >= 0.3 is 0 Å². The molecule has 0 saturated heterocycles. The Morgan fingerprint density at radius 3 is 2.81 bits per heavy atom. The van der Waals surface area contributed by atoms with E-state index in [2.05, 4.69) is 20.9 Å². The number of aromatic nitrogens is 1. The normalized spacial score (nSPS) is 10.2. The minimum atomic E-state index is 0.471. The van der Waals surface area contributed by atoms with E-state index in [1.165, 1.54) is 0 Å². The first kappa shape index (κ1) is 11.4. The van der Waals surface area contributed by atoms with Crippen molar-refractivity contribution in [3.63, 3.8) is 0 Å². The quantitative estimate of drug-likeness (QED) is 0.756. The molecule has 1 heterocycles. The van der Waals surface area contributed by atoms with Crippen molar-refractivity contribution in [3.8, 4) is 11.5 Å². The molecular weight excluding hydrogens is 289 g/mol. The minimum absolute atomic E-state index is 0.471. The number of ether oxygens (including phenoxy) is 1. The van der Waals surface area contributed by atoms with E-state index in [0.717, 1.165) is 15.8 Å². The summed E-state index contributed by atoms with van der Waals surface area (Å²) in [6, 6.07) is 9.42. The van der Waals surface area contributed by atoms with Gasteiger partial charge in [-0.2, -0.15) is 0 Å². The molecule has 0 aliphatic carbocycles. The van der Waals surface area contributed by atoms with Crippen LogP contribution in [0.5, 0.6) is 11.5 Å². The van der Waals surface area contributed by atoms with E-state index >= 15 is 0 Å². The van der Waals surface area contributed by atoms with Gasteiger partial charge in [-0.15, -0.1) is 0 Å². The SMILES string of the molecule is Cc1cc(Cl)ncc1Oc1cccc(Br)c1. The first-order chi connectivity index (χ1) is 7.65. The summed E-state index contributed by atoms with van der Waals surface area (Å²) >= 11 is 9.16. The van der Waals surface area contributed by atoms with Crippen molar-refractivity contribution in [2.75, 3.05) is 0 Å². The van der Waals surface area contributed by atoms with Crippen LogP contribution in [0.25, 0.3) is 0 Å². The molecule has 0 aliphatic rings. The van der Waals surface area contributed by atoms with Crippen LogP contribution in [-0.4, -0.2) is 4.98 Å². The van der Waals surface area contributed by atoms with Gasteiger partial charge in [-0.25, -0.2) is 4.98 Å². The number of nitrogens with zero attached hydrogens (tertiary/aromatic N) is 1. The van der Waals surface area contributed by atoms with Crippen LogP contribution in [0.2, 0.25) is 5.15 Å². The lowest BCUT2D eigenvalue weighted by molar-refractivity contribution is 0.476. The second kappa shape index (κ2) is 4.85. The van der Waals surface area contributed by atoms with Gasteiger partial charge in [-0.3, -0.25) is 0 Å². The summed E-state index contributed by atoms with van der Waals surface area (Å²) in [6.45, 7) is 1.93. The van der Waals surface area contributed by atoms with Crippen molar-refractivity contribution in [2.45, 2.75) is 6.92 Å². The average Bonchev–Trinajstić information content (AvgIpc) is 2.22. The van der Waals surface area contributed by atoms with Gasteiger partial charge in [-0.1, -0.05) is 33.6 Å². The van der Waals surface area contributed by atoms with E-state index in [1.54, 1.807) is 12.3 Å². The molecular formula is C12H9BrClNO. The summed E-state index contributed by atoms with van der Waals surface area (Å²) in [4.78, 5) is 3.99. The maximum atomic E-state index is 5.77. The van der Waals surface area contributed by atoms with Crippen LogP contribution in [0.3, 0.4) is 0 Å². The predicted molar refractivity (Wildman–Crippen MR) is 68.2 cm³/mol. The van der Waals surface area contributed by atoms with Gasteiger partial charge in [0.2, 0.25) is 0 Å². The number of rotatable bonds is 2. The second-order valence-electron chi connectivity index (χ2n) is 3.33. The van der Waals surface area contributed by atoms with Crippen LogP contribution in [0, 0.1) is 6.92 Å². The number of hydrogen-bond donors (Lipinski definition) is 0. The summed E-state index contributed by atoms with van der Waals surface area (Å²) in [5.74, 6) is 1.48. The van der Waals surface area contributed by atoms with Crippen LogP contribution in [0.1, 0.15) is 5.56 Å². The van der Waals surface area contributed by atoms with Gasteiger partial charge in [0, 0.05) is 4.47 Å². The largest absolute Gasteiger partial charge is 0.455 e. The fourth-order valence-corrected chi connectivity index (χ4v) is 1.86. The van der Waals surface area contributed by atoms with Crippen LogP contribution < -0.4 is 4.74 Å². The van der Waals surface area contributed by atoms with Crippen molar-refractivity contribution >= 4 is 27.5 Å². The highest BCUT2D eigenvalue weighted by Crippen LogP contribution is 2.27. The molecule has 82 valence electrons. The van der Waals surface area contributed by atoms with E-state index in [4.69, 9.17) is 16.3 Å². The van der Waals surface area contributed by atoms with E-state index < -0.39 is 0 Å². The summed E-state index contributed by atoms with van der Waals surface area (Å²) in [6.07, 6.45) is 1.62. The van der Waals surface area contributed by atoms with Gasteiger partial charge in [0.05, 0.1) is 6.20 Å². The fraction of sp³-hybridized carbons (Fsp3) is 0.0833. The zero-order valence-electron chi connectivity index (χ0n) is 8.58. The lowest BCUT2D eigenvalue weighted by atomic mass is 10.3. The number of aryl methyl sites for hydroxylation is 1. The Balaban J connectivity index is 2.27. The van der Waals surface area contributed by atoms with Gasteiger partial charge in [0.25, 0.3) is 0 Å². The van der Waals surface area contributed by atoms with Crippen LogP contribution >= 0.6 is 27.5 Å². The lowest BCUT2D eigenvalue weighted by Crippen LogP contribution is -1.89. The Hall–Kier alpha value is -1.06. The van der Waals surface area contributed by atoms with Crippen molar-refractivity contribution < 1.29 is 4.74 Å². The molecule has 1 aromatic heterocycles. The smallest absolute Gasteiger partial charge is 0.148 e. The maximum absolute atomic E-state index is 5.77. The molecule has 0 spiro atoms. The third-order valence-corrected chi connectivity index (χ3v) is 2.75. The Labute approximate surface area is 107 Å². The molecule has 0 amide bonds. The molecule has 0 bridgehead atoms. The topological polar surface area (TPSA) is 22.1 Å². The highest BCUT2D eigenvalue weighted by molar-refractivity contribution is 9.10. The molecule has 2 rings (SSSR count). The third-order valence-electron chi connectivity index (χ3n) is 2.05. The van der Waals surface area contributed by atoms with Gasteiger partial charge in [0.1, 0.15) is 16.7 Å². The molecule has 0 N–H and O–H groups in total. The van der Waals surface area contributed by atoms with Crippen molar-refractivity contribution in [2.24, 2.45) is 0 Å². The molecule has 0 fully saturated rings. The number of hydrogen-bond acceptors (Lipinski definition) is 2. The summed E-state index contributed by atoms with van der Waals surface area (Å²) < 4.78 is 6.67. The van der Waals surface area contributed by atoms with Crippen molar-refractivity contribution in [1.29, 1.82) is 0 Å². The molecule has 0 saturated carbocycles. The fourth-order valence-electron chi connectivity index (χ4n) is 1.27. The Kier molecular flexibility index (Phi) is 3.46. The highest BCUT2D eigenvalue weighted by Gasteiger charge is 2.03. The predicted octanol–water partition coefficient (Wildman–Crippen LogP) is 4.60. The van der Waals surface area contributed by atoms with Crippen molar-refractivity contribution in [3.05, 3.63) is 51.7 Å². The Morgan fingerprint density at radius 2 is 2.12 bits per heavy atom. The second-order valence-corrected chi connectivity index (χ2v) is 4.63. The molecule has 0 unspecified atom stereocenters. The highest BCUT2D eigenvalue weighted by atomic mass is 79.9. The zero-order chi connectivity index (χ0) is 11.5. The van der Waals surface area contributed by atoms with Crippen LogP contribution in [0.15, 0.2) is 41.0 Å². The summed E-state index contributed by atoms with van der Waals surface area (Å²) in [7, 11) is 0. The molecule has 0 aliphatic heterocycles. The monoisotopic (exact) mass is 297 g/mol. The van der Waals surface area contributed by atoms with Crippen LogP contribution in [0.4, 0.5) is 0 Å². The molecule has 2 nitrogen and oxygen atoms in total. The summed E-state index contributed by atoms with van der Waals surface area (Å²) in [5, 5.41) is 0.471. The van der Waals surface area contributed by atoms with Gasteiger partial charge in [-0.05, 0) is 36.8 Å². The van der Waals surface area contributed by atoms with E-state index in [-0.39, 0.29) is 0 Å². The van der Waals surface area contributed by atoms with E-state index in [1.807, 2.05) is 31.2 Å². The molecule has 1 aromatic carbocycles. The summed E-state index contributed by atoms with van der Waals surface area (Å²) in [5.41, 5.74) is 0.958. The third kappa shape index (κ3) is 2.74. The zero-order valence-corrected chi connectivity index (χ0v) is 10.9. The van der Waals surface area contributed by atoms with Crippen LogP contribution in [-0.2, 0) is 0 Å². The number of halogens is 2. The number of pyridine rings is 1. The molecule has 16 heavy (non-hydrogen) atoms. The van der Waals surface area contributed by atoms with Gasteiger partial charge in [0.15, 0.2) is 0 Å². The molecule has 4 heteroatoms.